The second-order valence-corrected chi connectivity index (χ2v) is 5.55. The summed E-state index contributed by atoms with van der Waals surface area (Å²) in [7, 11) is 0. The van der Waals surface area contributed by atoms with Crippen molar-refractivity contribution in [1.29, 1.82) is 0 Å². The summed E-state index contributed by atoms with van der Waals surface area (Å²) in [6.45, 7) is 3.88. The van der Waals surface area contributed by atoms with Crippen molar-refractivity contribution < 1.29 is 13.6 Å². The number of aryl methyl sites for hydroxylation is 2. The Hall–Kier alpha value is -3.16. The third-order valence-corrected chi connectivity index (χ3v) is 3.87. The summed E-state index contributed by atoms with van der Waals surface area (Å²) in [5.74, 6) is -2.38. The maximum absolute atomic E-state index is 13.6. The molecule has 0 saturated carbocycles. The zero-order valence-corrected chi connectivity index (χ0v) is 13.6. The number of aromatic nitrogens is 4. The van der Waals surface area contributed by atoms with E-state index in [0.717, 1.165) is 28.9 Å². The summed E-state index contributed by atoms with van der Waals surface area (Å²) < 4.78 is 28.8. The predicted molar refractivity (Wildman–Crippen MR) is 86.2 cm³/mol. The molecule has 0 spiro atoms. The SMILES string of the molecule is Cc1ccc(-n2nnnc2CNC(=O)c2c(F)cccc2F)cc1C. The maximum Gasteiger partial charge on any atom is 0.257 e. The number of carbonyl (C=O) groups excluding carboxylic acids is 1. The highest BCUT2D eigenvalue weighted by molar-refractivity contribution is 5.94. The van der Waals surface area contributed by atoms with Gasteiger partial charge in [0.2, 0.25) is 0 Å². The molecule has 25 heavy (non-hydrogen) atoms. The Kier molecular flexibility index (Phi) is 4.51. The summed E-state index contributed by atoms with van der Waals surface area (Å²) in [6, 6.07) is 8.94. The molecule has 6 nitrogen and oxygen atoms in total. The highest BCUT2D eigenvalue weighted by Crippen LogP contribution is 2.15. The molecule has 0 aliphatic rings. The highest BCUT2D eigenvalue weighted by Gasteiger charge is 2.18. The highest BCUT2D eigenvalue weighted by atomic mass is 19.1. The Labute approximate surface area is 142 Å². The molecule has 0 fully saturated rings. The fourth-order valence-corrected chi connectivity index (χ4v) is 2.34. The van der Waals surface area contributed by atoms with Crippen molar-refractivity contribution in [2.75, 3.05) is 0 Å². The van der Waals surface area contributed by atoms with Crippen LogP contribution >= 0.6 is 0 Å². The first-order valence-electron chi connectivity index (χ1n) is 7.54. The van der Waals surface area contributed by atoms with Gasteiger partial charge < -0.3 is 5.32 Å². The van der Waals surface area contributed by atoms with E-state index in [4.69, 9.17) is 0 Å². The monoisotopic (exact) mass is 343 g/mol. The summed E-state index contributed by atoms with van der Waals surface area (Å²) >= 11 is 0. The normalized spacial score (nSPS) is 10.7. The number of hydrogen-bond donors (Lipinski definition) is 1. The van der Waals surface area contributed by atoms with Crippen LogP contribution in [0.4, 0.5) is 8.78 Å². The van der Waals surface area contributed by atoms with E-state index in [1.165, 1.54) is 10.7 Å². The number of carbonyl (C=O) groups is 1. The molecule has 8 heteroatoms. The summed E-state index contributed by atoms with van der Waals surface area (Å²) in [5, 5.41) is 13.8. The predicted octanol–water partition coefficient (Wildman–Crippen LogP) is 2.49. The number of tetrazole rings is 1. The lowest BCUT2D eigenvalue weighted by molar-refractivity contribution is 0.0941. The molecule has 1 N–H and O–H groups in total. The summed E-state index contributed by atoms with van der Waals surface area (Å²) in [4.78, 5) is 12.1. The van der Waals surface area contributed by atoms with Crippen LogP contribution in [0.3, 0.4) is 0 Å². The molecule has 0 radical (unpaired) electrons. The third-order valence-electron chi connectivity index (χ3n) is 3.87. The van der Waals surface area contributed by atoms with Gasteiger partial charge in [-0.2, -0.15) is 4.68 Å². The molecule has 0 aliphatic heterocycles. The molecule has 2 aromatic carbocycles. The third kappa shape index (κ3) is 3.37. The molecule has 128 valence electrons. The van der Waals surface area contributed by atoms with Crippen LogP contribution < -0.4 is 5.32 Å². The zero-order valence-electron chi connectivity index (χ0n) is 13.6. The van der Waals surface area contributed by atoms with Gasteiger partial charge in [-0.3, -0.25) is 4.79 Å². The minimum absolute atomic E-state index is 0.0769. The molecule has 0 unspecified atom stereocenters. The Bertz CT molecular complexity index is 918. The molecule has 1 aromatic heterocycles. The number of amides is 1. The summed E-state index contributed by atoms with van der Waals surface area (Å²) in [5.41, 5.74) is 2.29. The average molecular weight is 343 g/mol. The van der Waals surface area contributed by atoms with Crippen LogP contribution in [0.1, 0.15) is 27.3 Å². The van der Waals surface area contributed by atoms with Crippen molar-refractivity contribution in [2.24, 2.45) is 0 Å². The van der Waals surface area contributed by atoms with Crippen molar-refractivity contribution in [3.8, 4) is 5.69 Å². The van der Waals surface area contributed by atoms with Crippen LogP contribution in [-0.2, 0) is 6.54 Å². The van der Waals surface area contributed by atoms with Crippen LogP contribution in [-0.4, -0.2) is 26.1 Å². The van der Waals surface area contributed by atoms with Gasteiger partial charge in [-0.25, -0.2) is 8.78 Å². The molecule has 1 heterocycles. The quantitative estimate of drug-likeness (QED) is 0.790. The van der Waals surface area contributed by atoms with Gasteiger partial charge in [-0.15, -0.1) is 5.10 Å². The minimum atomic E-state index is -0.925. The van der Waals surface area contributed by atoms with Crippen LogP contribution in [0.5, 0.6) is 0 Å². The number of rotatable bonds is 4. The first-order valence-corrected chi connectivity index (χ1v) is 7.54. The van der Waals surface area contributed by atoms with E-state index in [9.17, 15) is 13.6 Å². The van der Waals surface area contributed by atoms with Crippen molar-refractivity contribution in [3.63, 3.8) is 0 Å². The van der Waals surface area contributed by atoms with E-state index in [-0.39, 0.29) is 6.54 Å². The van der Waals surface area contributed by atoms with Gasteiger partial charge in [0, 0.05) is 0 Å². The fraction of sp³-hybridized carbons (Fsp3) is 0.176. The lowest BCUT2D eigenvalue weighted by atomic mass is 10.1. The smallest absolute Gasteiger partial charge is 0.257 e. The number of nitrogens with one attached hydrogen (secondary N) is 1. The number of nitrogens with zero attached hydrogens (tertiary/aromatic N) is 4. The Morgan fingerprint density at radius 2 is 1.84 bits per heavy atom. The Balaban J connectivity index is 1.80. The van der Waals surface area contributed by atoms with E-state index < -0.39 is 23.1 Å². The maximum atomic E-state index is 13.6. The molecule has 0 bridgehead atoms. The molecule has 1 amide bonds. The van der Waals surface area contributed by atoms with Gasteiger partial charge in [0.25, 0.3) is 5.91 Å². The molecular formula is C17H15F2N5O. The molecule has 0 saturated heterocycles. The molecule has 0 aliphatic carbocycles. The van der Waals surface area contributed by atoms with Crippen molar-refractivity contribution in [1.82, 2.24) is 25.5 Å². The molecular weight excluding hydrogens is 328 g/mol. The lowest BCUT2D eigenvalue weighted by Crippen LogP contribution is -2.26. The second kappa shape index (κ2) is 6.76. The van der Waals surface area contributed by atoms with Gasteiger partial charge in [0.15, 0.2) is 5.82 Å². The van der Waals surface area contributed by atoms with Crippen molar-refractivity contribution in [2.45, 2.75) is 20.4 Å². The van der Waals surface area contributed by atoms with Crippen LogP contribution in [0, 0.1) is 25.5 Å². The molecule has 0 atom stereocenters. The van der Waals surface area contributed by atoms with Crippen molar-refractivity contribution >= 4 is 5.91 Å². The van der Waals surface area contributed by atoms with E-state index in [0.29, 0.717) is 5.82 Å². The van der Waals surface area contributed by atoms with Crippen LogP contribution in [0.2, 0.25) is 0 Å². The first-order chi connectivity index (χ1) is 12.0. The van der Waals surface area contributed by atoms with E-state index in [1.54, 1.807) is 0 Å². The number of hydrogen-bond acceptors (Lipinski definition) is 4. The van der Waals surface area contributed by atoms with Gasteiger partial charge in [-0.05, 0) is 59.7 Å². The van der Waals surface area contributed by atoms with Gasteiger partial charge in [0.1, 0.15) is 17.2 Å². The molecule has 3 aromatic rings. The topological polar surface area (TPSA) is 72.7 Å². The Morgan fingerprint density at radius 1 is 1.12 bits per heavy atom. The van der Waals surface area contributed by atoms with Crippen LogP contribution in [0.25, 0.3) is 5.69 Å². The number of halogens is 2. The van der Waals surface area contributed by atoms with E-state index in [1.807, 2.05) is 32.0 Å². The minimum Gasteiger partial charge on any atom is -0.344 e. The second-order valence-electron chi connectivity index (χ2n) is 5.55. The number of benzene rings is 2. The van der Waals surface area contributed by atoms with E-state index in [2.05, 4.69) is 20.8 Å². The summed E-state index contributed by atoms with van der Waals surface area (Å²) in [6.07, 6.45) is 0. The zero-order chi connectivity index (χ0) is 18.0. The van der Waals surface area contributed by atoms with Crippen molar-refractivity contribution in [3.05, 3.63) is 70.5 Å². The molecule has 3 rings (SSSR count). The fourth-order valence-electron chi connectivity index (χ4n) is 2.34. The van der Waals surface area contributed by atoms with Gasteiger partial charge in [0.05, 0.1) is 12.2 Å². The average Bonchev–Trinajstić information content (AvgIpc) is 3.04. The largest absolute Gasteiger partial charge is 0.344 e. The van der Waals surface area contributed by atoms with Gasteiger partial charge >= 0.3 is 0 Å². The lowest BCUT2D eigenvalue weighted by Gasteiger charge is -2.09. The van der Waals surface area contributed by atoms with E-state index >= 15 is 0 Å². The Morgan fingerprint density at radius 3 is 2.52 bits per heavy atom. The van der Waals surface area contributed by atoms with Crippen LogP contribution in [0.15, 0.2) is 36.4 Å². The van der Waals surface area contributed by atoms with Gasteiger partial charge in [-0.1, -0.05) is 12.1 Å². The standard InChI is InChI=1S/C17H15F2N5O/c1-10-6-7-12(8-11(10)2)24-15(21-22-23-24)9-20-17(25)16-13(18)4-3-5-14(16)19/h3-8H,9H2,1-2H3,(H,20,25). The first kappa shape index (κ1) is 16.7.